The molecule has 0 spiro atoms. The van der Waals surface area contributed by atoms with Crippen molar-refractivity contribution in [1.29, 1.82) is 0 Å². The van der Waals surface area contributed by atoms with Crippen molar-refractivity contribution in [2.24, 2.45) is 0 Å². The normalized spacial score (nSPS) is 16.9. The van der Waals surface area contributed by atoms with Gasteiger partial charge in [-0.15, -0.1) is 5.10 Å². The molecular formula is C14H25N5O. The number of aromatic nitrogens is 3. The van der Waals surface area contributed by atoms with E-state index in [0.29, 0.717) is 24.6 Å². The van der Waals surface area contributed by atoms with Gasteiger partial charge < -0.3 is 0 Å². The van der Waals surface area contributed by atoms with Crippen molar-refractivity contribution in [3.05, 3.63) is 6.33 Å². The summed E-state index contributed by atoms with van der Waals surface area (Å²) in [5.41, 5.74) is 0. The molecule has 1 aromatic rings. The van der Waals surface area contributed by atoms with Gasteiger partial charge in [0.25, 0.3) is 0 Å². The van der Waals surface area contributed by atoms with Crippen molar-refractivity contribution < 1.29 is 4.79 Å². The lowest BCUT2D eigenvalue weighted by atomic mass is 9.96. The van der Waals surface area contributed by atoms with Gasteiger partial charge in [-0.25, -0.2) is 9.67 Å². The molecule has 0 aliphatic heterocycles. The quantitative estimate of drug-likeness (QED) is 0.896. The highest BCUT2D eigenvalue weighted by Crippen LogP contribution is 2.27. The van der Waals surface area contributed by atoms with E-state index in [4.69, 9.17) is 0 Å². The number of nitrogens with one attached hydrogen (secondary N) is 1. The van der Waals surface area contributed by atoms with E-state index in [2.05, 4.69) is 29.2 Å². The molecule has 1 N–H and O–H groups in total. The summed E-state index contributed by atoms with van der Waals surface area (Å²) in [5, 5.41) is 7.14. The first-order valence-electron chi connectivity index (χ1n) is 7.47. The van der Waals surface area contributed by atoms with Gasteiger partial charge in [-0.3, -0.25) is 15.0 Å². The van der Waals surface area contributed by atoms with Crippen LogP contribution in [0, 0.1) is 0 Å². The Balaban J connectivity index is 1.87. The van der Waals surface area contributed by atoms with Crippen LogP contribution in [0.4, 0.5) is 5.95 Å². The predicted octanol–water partition coefficient (Wildman–Crippen LogP) is 2.06. The Labute approximate surface area is 120 Å². The monoisotopic (exact) mass is 279 g/mol. The Bertz CT molecular complexity index is 437. The molecule has 0 aromatic carbocycles. The summed E-state index contributed by atoms with van der Waals surface area (Å²) in [4.78, 5) is 18.0. The Morgan fingerprint density at radius 1 is 1.45 bits per heavy atom. The Kier molecular flexibility index (Phi) is 5.11. The molecule has 1 amide bonds. The van der Waals surface area contributed by atoms with Crippen molar-refractivity contribution in [2.75, 3.05) is 18.9 Å². The lowest BCUT2D eigenvalue weighted by molar-refractivity contribution is -0.117. The van der Waals surface area contributed by atoms with Crippen LogP contribution < -0.4 is 5.32 Å². The molecule has 1 aromatic heterocycles. The predicted molar refractivity (Wildman–Crippen MR) is 78.5 cm³/mol. The highest BCUT2D eigenvalue weighted by Gasteiger charge is 2.17. The molecule has 112 valence electrons. The Hall–Kier alpha value is -1.43. The van der Waals surface area contributed by atoms with Gasteiger partial charge >= 0.3 is 0 Å². The summed E-state index contributed by atoms with van der Waals surface area (Å²) in [6, 6.07) is 0.786. The van der Waals surface area contributed by atoms with Gasteiger partial charge in [0.2, 0.25) is 11.9 Å². The molecular weight excluding hydrogens is 254 g/mol. The van der Waals surface area contributed by atoms with E-state index in [1.165, 1.54) is 19.3 Å². The van der Waals surface area contributed by atoms with Crippen molar-refractivity contribution in [2.45, 2.75) is 58.0 Å². The van der Waals surface area contributed by atoms with Crippen LogP contribution in [-0.2, 0) is 4.79 Å². The van der Waals surface area contributed by atoms with E-state index in [1.807, 2.05) is 16.6 Å². The second kappa shape index (κ2) is 6.83. The fraction of sp³-hybridized carbons (Fsp3) is 0.786. The second-order valence-corrected chi connectivity index (χ2v) is 5.90. The van der Waals surface area contributed by atoms with E-state index in [9.17, 15) is 4.79 Å². The molecule has 1 aliphatic rings. The fourth-order valence-corrected chi connectivity index (χ4v) is 2.43. The van der Waals surface area contributed by atoms with Gasteiger partial charge in [-0.05, 0) is 33.7 Å². The van der Waals surface area contributed by atoms with Gasteiger partial charge in [-0.2, -0.15) is 0 Å². The zero-order valence-corrected chi connectivity index (χ0v) is 12.7. The van der Waals surface area contributed by atoms with Crippen LogP contribution in [0.5, 0.6) is 0 Å². The van der Waals surface area contributed by atoms with Gasteiger partial charge in [0.15, 0.2) is 0 Å². The number of rotatable bonds is 5. The molecule has 0 unspecified atom stereocenters. The van der Waals surface area contributed by atoms with Crippen LogP contribution in [0.3, 0.4) is 0 Å². The summed E-state index contributed by atoms with van der Waals surface area (Å²) in [6.45, 7) is 4.47. The fourth-order valence-electron chi connectivity index (χ4n) is 2.43. The smallest absolute Gasteiger partial charge is 0.248 e. The van der Waals surface area contributed by atoms with Gasteiger partial charge in [0.05, 0.1) is 12.6 Å². The van der Waals surface area contributed by atoms with E-state index < -0.39 is 0 Å². The van der Waals surface area contributed by atoms with E-state index in [1.54, 1.807) is 6.33 Å². The maximum absolute atomic E-state index is 11.9. The molecule has 6 nitrogen and oxygen atoms in total. The largest absolute Gasteiger partial charge is 0.295 e. The first-order chi connectivity index (χ1) is 9.56. The maximum atomic E-state index is 11.9. The molecule has 1 heterocycles. The molecule has 6 heteroatoms. The molecule has 0 atom stereocenters. The number of likely N-dealkylation sites (N-methyl/N-ethyl adjacent to an activating group) is 1. The summed E-state index contributed by atoms with van der Waals surface area (Å²) in [6.07, 6.45) is 7.88. The number of hydrogen-bond donors (Lipinski definition) is 1. The van der Waals surface area contributed by atoms with Crippen LogP contribution in [0.2, 0.25) is 0 Å². The standard InChI is InChI=1S/C14H25N5O/c1-11(2)18(3)9-13(20)16-14-15-10-19(17-14)12-7-5-4-6-8-12/h10-12H,4-9H2,1-3H3,(H,16,17,20). The Morgan fingerprint density at radius 2 is 2.15 bits per heavy atom. The summed E-state index contributed by atoms with van der Waals surface area (Å²) in [7, 11) is 1.93. The maximum Gasteiger partial charge on any atom is 0.248 e. The number of nitrogens with zero attached hydrogens (tertiary/aromatic N) is 4. The van der Waals surface area contributed by atoms with Crippen LogP contribution in [0.25, 0.3) is 0 Å². The highest BCUT2D eigenvalue weighted by molar-refractivity contribution is 5.90. The third-order valence-corrected chi connectivity index (χ3v) is 3.98. The minimum Gasteiger partial charge on any atom is -0.295 e. The molecule has 0 radical (unpaired) electrons. The zero-order chi connectivity index (χ0) is 14.5. The van der Waals surface area contributed by atoms with Crippen molar-refractivity contribution >= 4 is 11.9 Å². The minimum atomic E-state index is -0.0670. The van der Waals surface area contributed by atoms with Gasteiger partial charge in [0.1, 0.15) is 6.33 Å². The Morgan fingerprint density at radius 3 is 2.80 bits per heavy atom. The first kappa shape index (κ1) is 15.0. The van der Waals surface area contributed by atoms with Gasteiger partial charge in [0, 0.05) is 6.04 Å². The molecule has 0 saturated heterocycles. The lowest BCUT2D eigenvalue weighted by Gasteiger charge is -2.21. The summed E-state index contributed by atoms with van der Waals surface area (Å²) >= 11 is 0. The second-order valence-electron chi connectivity index (χ2n) is 5.90. The van der Waals surface area contributed by atoms with Crippen LogP contribution in [0.15, 0.2) is 6.33 Å². The number of carbonyl (C=O) groups is 1. The van der Waals surface area contributed by atoms with E-state index in [-0.39, 0.29) is 5.91 Å². The third-order valence-electron chi connectivity index (χ3n) is 3.98. The number of anilines is 1. The molecule has 1 saturated carbocycles. The topological polar surface area (TPSA) is 63.1 Å². The molecule has 1 fully saturated rings. The van der Waals surface area contributed by atoms with Crippen LogP contribution in [-0.4, -0.2) is 45.2 Å². The number of hydrogen-bond acceptors (Lipinski definition) is 4. The SMILES string of the molecule is CC(C)N(C)CC(=O)Nc1ncn(C2CCCCC2)n1. The average molecular weight is 279 g/mol. The van der Waals surface area contributed by atoms with Crippen molar-refractivity contribution in [3.8, 4) is 0 Å². The first-order valence-corrected chi connectivity index (χ1v) is 7.47. The summed E-state index contributed by atoms with van der Waals surface area (Å²) in [5.74, 6) is 0.348. The third kappa shape index (κ3) is 4.03. The lowest BCUT2D eigenvalue weighted by Crippen LogP contribution is -2.35. The number of carbonyl (C=O) groups excluding carboxylic acids is 1. The van der Waals surface area contributed by atoms with Crippen LogP contribution in [0.1, 0.15) is 52.0 Å². The van der Waals surface area contributed by atoms with Crippen LogP contribution >= 0.6 is 0 Å². The van der Waals surface area contributed by atoms with Crippen molar-refractivity contribution in [1.82, 2.24) is 19.7 Å². The molecule has 1 aliphatic carbocycles. The van der Waals surface area contributed by atoms with E-state index in [0.717, 1.165) is 12.8 Å². The zero-order valence-electron chi connectivity index (χ0n) is 12.7. The van der Waals surface area contributed by atoms with Gasteiger partial charge in [-0.1, -0.05) is 19.3 Å². The molecule has 20 heavy (non-hydrogen) atoms. The van der Waals surface area contributed by atoms with E-state index >= 15 is 0 Å². The molecule has 2 rings (SSSR count). The van der Waals surface area contributed by atoms with Crippen molar-refractivity contribution in [3.63, 3.8) is 0 Å². The molecule has 0 bridgehead atoms. The highest BCUT2D eigenvalue weighted by atomic mass is 16.2. The summed E-state index contributed by atoms with van der Waals surface area (Å²) < 4.78 is 1.90. The average Bonchev–Trinajstić information content (AvgIpc) is 2.88. The number of amides is 1. The minimum absolute atomic E-state index is 0.0670.